The van der Waals surface area contributed by atoms with Gasteiger partial charge in [-0.15, -0.1) is 0 Å². The van der Waals surface area contributed by atoms with E-state index in [2.05, 4.69) is 16.7 Å². The highest BCUT2D eigenvalue weighted by molar-refractivity contribution is 6.31. The van der Waals surface area contributed by atoms with Gasteiger partial charge in [-0.1, -0.05) is 62.2 Å². The van der Waals surface area contributed by atoms with Gasteiger partial charge in [0.15, 0.2) is 12.4 Å². The first-order valence-electron chi connectivity index (χ1n) is 18.2. The lowest BCUT2D eigenvalue weighted by Gasteiger charge is -2.37. The van der Waals surface area contributed by atoms with E-state index in [0.717, 1.165) is 6.07 Å². The van der Waals surface area contributed by atoms with Gasteiger partial charge in [0.1, 0.15) is 41.1 Å². The molecule has 2 fully saturated rings. The van der Waals surface area contributed by atoms with Crippen molar-refractivity contribution >= 4 is 46.9 Å². The first-order chi connectivity index (χ1) is 27.8. The number of esters is 1. The largest absolute Gasteiger partial charge is 0.511 e. The molecule has 10 atom stereocenters. The van der Waals surface area contributed by atoms with Gasteiger partial charge in [0.25, 0.3) is 0 Å². The van der Waals surface area contributed by atoms with Crippen LogP contribution < -0.4 is 15.4 Å². The molecule has 2 aliphatic rings. The number of anilines is 1. The van der Waals surface area contributed by atoms with E-state index in [4.69, 9.17) is 46.9 Å². The lowest BCUT2D eigenvalue weighted by atomic mass is 9.62. The Morgan fingerprint density at radius 2 is 1.80 bits per heavy atom. The van der Waals surface area contributed by atoms with Crippen LogP contribution >= 0.6 is 23.2 Å². The minimum Gasteiger partial charge on any atom is -0.495 e. The fourth-order valence-corrected chi connectivity index (χ4v) is 7.77. The summed E-state index contributed by atoms with van der Waals surface area (Å²) in [4.78, 5) is 40.0. The molecule has 2 saturated heterocycles. The van der Waals surface area contributed by atoms with E-state index in [1.807, 2.05) is 20.8 Å². The molecular formula is C40H43Cl2F2N3O12. The van der Waals surface area contributed by atoms with Crippen molar-refractivity contribution in [3.8, 4) is 11.8 Å². The third-order valence-corrected chi connectivity index (χ3v) is 10.5. The molecule has 0 aliphatic carbocycles. The van der Waals surface area contributed by atoms with E-state index >= 15 is 8.78 Å². The van der Waals surface area contributed by atoms with Crippen molar-refractivity contribution in [1.29, 1.82) is 5.26 Å². The Morgan fingerprint density at radius 1 is 1.08 bits per heavy atom. The first-order valence-corrected chi connectivity index (χ1v) is 19.0. The zero-order valence-corrected chi connectivity index (χ0v) is 33.8. The number of amides is 1. The highest BCUT2D eigenvalue weighted by Gasteiger charge is 2.61. The number of methoxy groups -OCH3 is 1. The Bertz CT molecular complexity index is 2100. The first kappa shape index (κ1) is 45.4. The number of hydrogen-bond acceptors (Lipinski definition) is 14. The van der Waals surface area contributed by atoms with Gasteiger partial charge in [-0.2, -0.15) is 5.26 Å². The number of rotatable bonds is 12. The molecule has 0 spiro atoms. The molecule has 1 amide bonds. The molecule has 0 bridgehead atoms. The van der Waals surface area contributed by atoms with Crippen molar-refractivity contribution < 1.29 is 67.3 Å². The molecule has 2 aliphatic heterocycles. The van der Waals surface area contributed by atoms with Gasteiger partial charge in [-0.3, -0.25) is 4.79 Å². The second kappa shape index (κ2) is 18.3. The molecule has 318 valence electrons. The van der Waals surface area contributed by atoms with Gasteiger partial charge in [0, 0.05) is 29.5 Å². The minimum atomic E-state index is -1.88. The zero-order chi connectivity index (χ0) is 43.6. The van der Waals surface area contributed by atoms with Crippen LogP contribution in [0.15, 0.2) is 54.6 Å². The Hall–Kier alpha value is -4.64. The van der Waals surface area contributed by atoms with Crippen LogP contribution in [0.3, 0.4) is 0 Å². The lowest BCUT2D eigenvalue weighted by Crippen LogP contribution is -2.45. The van der Waals surface area contributed by atoms with Crippen LogP contribution in [0.25, 0.3) is 0 Å². The van der Waals surface area contributed by atoms with Crippen LogP contribution in [-0.2, 0) is 29.2 Å². The van der Waals surface area contributed by atoms with Crippen LogP contribution in [0.5, 0.6) is 5.75 Å². The quantitative estimate of drug-likeness (QED) is 0.107. The molecule has 19 heteroatoms. The topological polar surface area (TPSA) is 226 Å². The third-order valence-electron chi connectivity index (χ3n) is 10.0. The monoisotopic (exact) mass is 865 g/mol. The number of benzene rings is 3. The summed E-state index contributed by atoms with van der Waals surface area (Å²) in [5, 5.41) is 55.8. The Morgan fingerprint density at radius 3 is 2.42 bits per heavy atom. The standard InChI is InChI=1S/C40H43Cl2F2N3O12/c1-18(57-38(54)59-34-32(50)37(53)58-33(34)26(49)16-48)56-36(52)19-9-12-25(27(13-19)55-5)46-35(51)31-29(21-7-6-8-23(42)30(21)44)40(17-45,28(47-31)15-39(2,3)4)22-11-10-20(41)14-24(22)43/h6-14,18,26,28-29,31-34,37,47-50,53H,15-16H2,1-5H3,(H,46,51)/t18?,26-,28+,29+,31-,32-,33-,34-,37+,40+/m1/s1. The third kappa shape index (κ3) is 9.56. The highest BCUT2D eigenvalue weighted by Crippen LogP contribution is 2.53. The number of carbonyl (C=O) groups excluding carboxylic acids is 3. The lowest BCUT2D eigenvalue weighted by molar-refractivity contribution is -0.151. The van der Waals surface area contributed by atoms with Gasteiger partial charge in [0.2, 0.25) is 12.2 Å². The molecule has 1 unspecified atom stereocenters. The Labute approximate surface area is 347 Å². The fourth-order valence-electron chi connectivity index (χ4n) is 7.43. The highest BCUT2D eigenvalue weighted by atomic mass is 35.5. The molecule has 3 aromatic carbocycles. The summed E-state index contributed by atoms with van der Waals surface area (Å²) in [6.45, 7) is 6.03. The fraction of sp³-hybridized carbons (Fsp3) is 0.450. The zero-order valence-electron chi connectivity index (χ0n) is 32.3. The number of nitrogens with one attached hydrogen (secondary N) is 2. The molecule has 59 heavy (non-hydrogen) atoms. The summed E-state index contributed by atoms with van der Waals surface area (Å²) in [6.07, 6.45) is -11.2. The number of carbonyl (C=O) groups is 3. The number of aliphatic hydroxyl groups excluding tert-OH is 4. The van der Waals surface area contributed by atoms with Crippen molar-refractivity contribution in [3.63, 3.8) is 0 Å². The average molecular weight is 867 g/mol. The smallest absolute Gasteiger partial charge is 0.495 e. The van der Waals surface area contributed by atoms with E-state index in [9.17, 15) is 40.1 Å². The predicted molar refractivity (Wildman–Crippen MR) is 205 cm³/mol. The van der Waals surface area contributed by atoms with Gasteiger partial charge >= 0.3 is 12.1 Å². The van der Waals surface area contributed by atoms with Crippen LogP contribution in [0.4, 0.5) is 19.3 Å². The molecule has 3 aromatic rings. The van der Waals surface area contributed by atoms with E-state index in [1.54, 1.807) is 0 Å². The normalized spacial score (nSPS) is 26.3. The number of ether oxygens (including phenoxy) is 5. The van der Waals surface area contributed by atoms with Gasteiger partial charge < -0.3 is 54.7 Å². The second-order valence-corrected chi connectivity index (χ2v) is 16.1. The summed E-state index contributed by atoms with van der Waals surface area (Å²) >= 11 is 12.3. The number of nitriles is 1. The van der Waals surface area contributed by atoms with Crippen molar-refractivity contribution in [2.24, 2.45) is 5.41 Å². The maximum absolute atomic E-state index is 16.1. The maximum Gasteiger partial charge on any atom is 0.511 e. The van der Waals surface area contributed by atoms with E-state index in [0.29, 0.717) is 0 Å². The Balaban J connectivity index is 1.40. The summed E-state index contributed by atoms with van der Waals surface area (Å²) in [6, 6.07) is 11.7. The SMILES string of the molecule is COc1cc(C(=O)OC(C)OC(=O)O[C@@H]2[C@@H](O)[C@@H](O)O[C@@H]2[C@H](O)CO)ccc1NC(=O)[C@@H]1N[C@@H](CC(C)(C)C)[C@](C#N)(c2ccc(Cl)cc2F)[C@H]1c1cccc(Cl)c1F. The molecule has 0 aromatic heterocycles. The summed E-state index contributed by atoms with van der Waals surface area (Å²) in [7, 11) is 1.25. The van der Waals surface area contributed by atoms with Crippen LogP contribution in [0, 0.1) is 28.4 Å². The van der Waals surface area contributed by atoms with Crippen LogP contribution in [0.1, 0.15) is 61.5 Å². The van der Waals surface area contributed by atoms with Crippen molar-refractivity contribution in [2.75, 3.05) is 19.0 Å². The molecule has 0 saturated carbocycles. The molecule has 5 rings (SSSR count). The van der Waals surface area contributed by atoms with Crippen LogP contribution in [0.2, 0.25) is 10.0 Å². The minimum absolute atomic E-state index is 0.0349. The Kier molecular flexibility index (Phi) is 14.1. The van der Waals surface area contributed by atoms with Gasteiger partial charge in [-0.25, -0.2) is 18.4 Å². The van der Waals surface area contributed by atoms with Crippen molar-refractivity contribution in [3.05, 3.63) is 93.0 Å². The average Bonchev–Trinajstić information content (AvgIpc) is 3.63. The van der Waals surface area contributed by atoms with Gasteiger partial charge in [0.05, 0.1) is 42.1 Å². The van der Waals surface area contributed by atoms with E-state index < -0.39 is 102 Å². The molecule has 2 heterocycles. The number of halogens is 4. The summed E-state index contributed by atoms with van der Waals surface area (Å²) < 4.78 is 57.5. The number of aliphatic hydroxyl groups is 4. The summed E-state index contributed by atoms with van der Waals surface area (Å²) in [5.74, 6) is -4.94. The number of hydrogen-bond donors (Lipinski definition) is 6. The van der Waals surface area contributed by atoms with Crippen molar-refractivity contribution in [2.45, 2.75) is 94.5 Å². The number of nitrogens with zero attached hydrogens (tertiary/aromatic N) is 1. The van der Waals surface area contributed by atoms with Gasteiger partial charge in [-0.05, 0) is 53.8 Å². The maximum atomic E-state index is 16.1. The second-order valence-electron chi connectivity index (χ2n) is 15.2. The van der Waals surface area contributed by atoms with Crippen molar-refractivity contribution in [1.82, 2.24) is 5.32 Å². The van der Waals surface area contributed by atoms with E-state index in [1.165, 1.54) is 62.6 Å². The molecule has 15 nitrogen and oxygen atoms in total. The molecular weight excluding hydrogens is 823 g/mol. The van der Waals surface area contributed by atoms with Crippen LogP contribution in [-0.4, -0.2) is 101 Å². The molecule has 6 N–H and O–H groups in total. The van der Waals surface area contributed by atoms with E-state index in [-0.39, 0.29) is 44.6 Å². The molecule has 0 radical (unpaired) electrons. The summed E-state index contributed by atoms with van der Waals surface area (Å²) in [5.41, 5.74) is -2.68. The predicted octanol–water partition coefficient (Wildman–Crippen LogP) is 4.70.